The highest BCUT2D eigenvalue weighted by Gasteiger charge is 2.28. The van der Waals surface area contributed by atoms with Crippen molar-refractivity contribution in [3.05, 3.63) is 0 Å². The second-order valence-electron chi connectivity index (χ2n) is 4.75. The predicted molar refractivity (Wildman–Crippen MR) is 65.9 cm³/mol. The van der Waals surface area contributed by atoms with Crippen molar-refractivity contribution < 1.29 is 9.53 Å². The molecule has 0 aromatic rings. The maximum absolute atomic E-state index is 12.3. The number of rotatable bonds is 2. The number of hydrogen-bond acceptors (Lipinski definition) is 4. The lowest BCUT2D eigenvalue weighted by Gasteiger charge is -2.30. The van der Waals surface area contributed by atoms with Crippen molar-refractivity contribution in [1.82, 2.24) is 15.5 Å². The third kappa shape index (κ3) is 3.40. The molecular weight excluding hydrogens is 218 g/mol. The molecule has 0 aliphatic carbocycles. The Morgan fingerprint density at radius 2 is 2.35 bits per heavy atom. The van der Waals surface area contributed by atoms with Crippen molar-refractivity contribution in [2.45, 2.75) is 31.9 Å². The Bertz CT molecular complexity index is 254. The largest absolute Gasteiger partial charge is 0.376 e. The molecule has 2 fully saturated rings. The predicted octanol–water partition coefficient (Wildman–Crippen LogP) is -0.425. The quantitative estimate of drug-likeness (QED) is 0.689. The van der Waals surface area contributed by atoms with E-state index in [0.29, 0.717) is 0 Å². The highest BCUT2D eigenvalue weighted by molar-refractivity contribution is 5.82. The fourth-order valence-electron chi connectivity index (χ4n) is 2.39. The second-order valence-corrected chi connectivity index (χ2v) is 4.75. The molecule has 98 valence electrons. The van der Waals surface area contributed by atoms with Crippen molar-refractivity contribution in [2.75, 3.05) is 39.3 Å². The van der Waals surface area contributed by atoms with Crippen LogP contribution in [0.25, 0.3) is 0 Å². The Kier molecular flexibility index (Phi) is 4.76. The highest BCUT2D eigenvalue weighted by atomic mass is 16.5. The summed E-state index contributed by atoms with van der Waals surface area (Å²) < 4.78 is 5.69. The number of amides is 1. The normalized spacial score (nSPS) is 31.0. The molecule has 17 heavy (non-hydrogen) atoms. The molecule has 1 amide bonds. The van der Waals surface area contributed by atoms with Gasteiger partial charge >= 0.3 is 0 Å². The zero-order valence-corrected chi connectivity index (χ0v) is 10.6. The molecule has 0 bridgehead atoms. The minimum atomic E-state index is -0.0562. The summed E-state index contributed by atoms with van der Waals surface area (Å²) in [4.78, 5) is 14.3. The summed E-state index contributed by atoms with van der Waals surface area (Å²) in [6, 6.07) is -0.0562. The lowest BCUT2D eigenvalue weighted by Crippen LogP contribution is -2.57. The summed E-state index contributed by atoms with van der Waals surface area (Å²) in [6.07, 6.45) is 2.13. The van der Waals surface area contributed by atoms with E-state index < -0.39 is 0 Å². The summed E-state index contributed by atoms with van der Waals surface area (Å²) in [5, 5.41) is 6.53. The molecule has 2 unspecified atom stereocenters. The molecule has 2 saturated heterocycles. The van der Waals surface area contributed by atoms with Gasteiger partial charge in [0.15, 0.2) is 0 Å². The number of nitrogens with zero attached hydrogens (tertiary/aromatic N) is 1. The van der Waals surface area contributed by atoms with Crippen LogP contribution in [0.15, 0.2) is 0 Å². The zero-order chi connectivity index (χ0) is 12.1. The summed E-state index contributed by atoms with van der Waals surface area (Å²) >= 11 is 0. The molecule has 2 aliphatic rings. The van der Waals surface area contributed by atoms with E-state index in [1.54, 1.807) is 0 Å². The van der Waals surface area contributed by atoms with E-state index in [4.69, 9.17) is 4.74 Å². The van der Waals surface area contributed by atoms with Crippen LogP contribution in [-0.4, -0.2) is 62.3 Å². The molecule has 0 aromatic carbocycles. The third-order valence-electron chi connectivity index (χ3n) is 3.46. The fraction of sp³-hybridized carbons (Fsp3) is 0.917. The Labute approximate surface area is 103 Å². The molecule has 0 saturated carbocycles. The van der Waals surface area contributed by atoms with Gasteiger partial charge in [-0.1, -0.05) is 6.92 Å². The van der Waals surface area contributed by atoms with Crippen LogP contribution in [0.3, 0.4) is 0 Å². The molecule has 5 nitrogen and oxygen atoms in total. The Morgan fingerprint density at radius 1 is 1.47 bits per heavy atom. The van der Waals surface area contributed by atoms with Gasteiger partial charge in [0.1, 0.15) is 0 Å². The SMILES string of the molecule is CCC1CN(C(=O)C2CNCCN2)CCCO1. The van der Waals surface area contributed by atoms with Crippen LogP contribution in [0.4, 0.5) is 0 Å². The van der Waals surface area contributed by atoms with Crippen molar-refractivity contribution in [1.29, 1.82) is 0 Å². The van der Waals surface area contributed by atoms with E-state index in [9.17, 15) is 4.79 Å². The van der Waals surface area contributed by atoms with Crippen molar-refractivity contribution in [2.24, 2.45) is 0 Å². The van der Waals surface area contributed by atoms with E-state index >= 15 is 0 Å². The van der Waals surface area contributed by atoms with Crippen LogP contribution in [0.2, 0.25) is 0 Å². The molecular formula is C12H23N3O2. The number of hydrogen-bond donors (Lipinski definition) is 2. The highest BCUT2D eigenvalue weighted by Crippen LogP contribution is 2.10. The summed E-state index contributed by atoms with van der Waals surface area (Å²) in [6.45, 7) is 7.02. The van der Waals surface area contributed by atoms with Gasteiger partial charge in [-0.25, -0.2) is 0 Å². The van der Waals surface area contributed by atoms with E-state index in [2.05, 4.69) is 17.6 Å². The maximum atomic E-state index is 12.3. The Morgan fingerprint density at radius 3 is 3.06 bits per heavy atom. The van der Waals surface area contributed by atoms with Crippen LogP contribution < -0.4 is 10.6 Å². The lowest BCUT2D eigenvalue weighted by atomic mass is 10.2. The van der Waals surface area contributed by atoms with Gasteiger partial charge in [-0.3, -0.25) is 4.79 Å². The lowest BCUT2D eigenvalue weighted by molar-refractivity contribution is -0.134. The fourth-order valence-corrected chi connectivity index (χ4v) is 2.39. The molecule has 0 spiro atoms. The van der Waals surface area contributed by atoms with Crippen LogP contribution in [0.5, 0.6) is 0 Å². The molecule has 2 atom stereocenters. The first-order chi connectivity index (χ1) is 8.31. The molecule has 2 aliphatic heterocycles. The Hall–Kier alpha value is -0.650. The van der Waals surface area contributed by atoms with Gasteiger partial charge in [0.25, 0.3) is 0 Å². The standard InChI is InChI=1S/C12H23N3O2/c1-2-10-9-15(6-3-7-17-10)12(16)11-8-13-4-5-14-11/h10-11,13-14H,2-9H2,1H3. The number of piperazine rings is 1. The van der Waals surface area contributed by atoms with E-state index in [1.165, 1.54) is 0 Å². The van der Waals surface area contributed by atoms with Crippen LogP contribution in [0, 0.1) is 0 Å². The number of carbonyl (C=O) groups is 1. The van der Waals surface area contributed by atoms with Crippen molar-refractivity contribution in [3.63, 3.8) is 0 Å². The molecule has 2 heterocycles. The molecule has 5 heteroatoms. The first-order valence-corrected chi connectivity index (χ1v) is 6.65. The minimum absolute atomic E-state index is 0.0562. The van der Waals surface area contributed by atoms with Gasteiger partial charge in [-0.15, -0.1) is 0 Å². The van der Waals surface area contributed by atoms with E-state index in [0.717, 1.165) is 52.2 Å². The minimum Gasteiger partial charge on any atom is -0.376 e. The van der Waals surface area contributed by atoms with Crippen LogP contribution in [0.1, 0.15) is 19.8 Å². The average molecular weight is 241 g/mol. The number of ether oxygens (including phenoxy) is 1. The smallest absolute Gasteiger partial charge is 0.241 e. The van der Waals surface area contributed by atoms with Crippen molar-refractivity contribution >= 4 is 5.91 Å². The van der Waals surface area contributed by atoms with E-state index in [1.807, 2.05) is 4.90 Å². The van der Waals surface area contributed by atoms with Gasteiger partial charge in [0.05, 0.1) is 12.1 Å². The Balaban J connectivity index is 1.91. The monoisotopic (exact) mass is 241 g/mol. The molecule has 0 radical (unpaired) electrons. The zero-order valence-electron chi connectivity index (χ0n) is 10.6. The van der Waals surface area contributed by atoms with E-state index in [-0.39, 0.29) is 18.1 Å². The molecule has 0 aromatic heterocycles. The van der Waals surface area contributed by atoms with Gasteiger partial charge in [-0.2, -0.15) is 0 Å². The first-order valence-electron chi connectivity index (χ1n) is 6.65. The van der Waals surface area contributed by atoms with Gasteiger partial charge in [0, 0.05) is 39.3 Å². The van der Waals surface area contributed by atoms with Gasteiger partial charge < -0.3 is 20.3 Å². The van der Waals surface area contributed by atoms with Crippen LogP contribution >= 0.6 is 0 Å². The topological polar surface area (TPSA) is 53.6 Å². The molecule has 2 N–H and O–H groups in total. The van der Waals surface area contributed by atoms with Gasteiger partial charge in [0.2, 0.25) is 5.91 Å². The third-order valence-corrected chi connectivity index (χ3v) is 3.46. The van der Waals surface area contributed by atoms with Crippen molar-refractivity contribution in [3.8, 4) is 0 Å². The van der Waals surface area contributed by atoms with Gasteiger partial charge in [-0.05, 0) is 12.8 Å². The summed E-state index contributed by atoms with van der Waals surface area (Å²) in [5.74, 6) is 0.223. The maximum Gasteiger partial charge on any atom is 0.241 e. The first kappa shape index (κ1) is 12.8. The number of nitrogens with one attached hydrogen (secondary N) is 2. The number of carbonyl (C=O) groups excluding carboxylic acids is 1. The average Bonchev–Trinajstić information content (AvgIpc) is 2.64. The second kappa shape index (κ2) is 6.33. The molecule has 2 rings (SSSR count). The summed E-state index contributed by atoms with van der Waals surface area (Å²) in [5.41, 5.74) is 0. The van der Waals surface area contributed by atoms with Crippen LogP contribution in [-0.2, 0) is 9.53 Å². The summed E-state index contributed by atoms with van der Waals surface area (Å²) in [7, 11) is 0.